The second-order valence-electron chi connectivity index (χ2n) is 6.00. The Morgan fingerprint density at radius 2 is 2.00 bits per heavy atom. The van der Waals surface area contributed by atoms with Crippen molar-refractivity contribution < 1.29 is 13.2 Å². The number of anilines is 2. The summed E-state index contributed by atoms with van der Waals surface area (Å²) >= 11 is 6.91. The molecule has 0 bridgehead atoms. The number of carbonyl (C=O) groups excluding carboxylic acids is 1. The highest BCUT2D eigenvalue weighted by Crippen LogP contribution is 2.41. The van der Waals surface area contributed by atoms with Crippen LogP contribution < -0.4 is 9.80 Å². The largest absolute Gasteiger partial charge is 0.378 e. The highest BCUT2D eigenvalue weighted by molar-refractivity contribution is 8.16. The fraction of sp³-hybridized carbons (Fsp3) is 0.467. The normalized spacial score (nSPS) is 26.6. The van der Waals surface area contributed by atoms with Gasteiger partial charge in [0.15, 0.2) is 15.0 Å². The number of fused-ring (bicyclic) bond motifs is 1. The summed E-state index contributed by atoms with van der Waals surface area (Å²) < 4.78 is 23.9. The first kappa shape index (κ1) is 17.6. The van der Waals surface area contributed by atoms with Crippen LogP contribution in [0.3, 0.4) is 0 Å². The van der Waals surface area contributed by atoms with Crippen LogP contribution in [-0.2, 0) is 14.6 Å². The lowest BCUT2D eigenvalue weighted by Crippen LogP contribution is -2.37. The van der Waals surface area contributed by atoms with Crippen molar-refractivity contribution in [3.63, 3.8) is 0 Å². The van der Waals surface area contributed by atoms with E-state index in [2.05, 4.69) is 4.99 Å². The Bertz CT molecular complexity index is 778. The Balaban J connectivity index is 1.98. The quantitative estimate of drug-likeness (QED) is 0.733. The van der Waals surface area contributed by atoms with E-state index in [0.29, 0.717) is 5.17 Å². The van der Waals surface area contributed by atoms with Gasteiger partial charge in [-0.3, -0.25) is 4.79 Å². The SMILES string of the molecule is CN(C)c1ccc(N2C(=NC(=O)CCl)S[C@@H]3CS(=O)(=O)C[C@@H]32)cc1. The van der Waals surface area contributed by atoms with Crippen molar-refractivity contribution in [2.75, 3.05) is 41.3 Å². The number of sulfone groups is 1. The van der Waals surface area contributed by atoms with Gasteiger partial charge in [0.25, 0.3) is 5.91 Å². The van der Waals surface area contributed by atoms with Crippen molar-refractivity contribution in [2.24, 2.45) is 4.99 Å². The molecule has 0 unspecified atom stereocenters. The van der Waals surface area contributed by atoms with Gasteiger partial charge in [-0.1, -0.05) is 11.8 Å². The summed E-state index contributed by atoms with van der Waals surface area (Å²) in [7, 11) is 0.839. The summed E-state index contributed by atoms with van der Waals surface area (Å²) in [5.74, 6) is -0.418. The number of hydrogen-bond donors (Lipinski definition) is 0. The number of carbonyl (C=O) groups is 1. The van der Waals surface area contributed by atoms with E-state index >= 15 is 0 Å². The molecule has 3 rings (SSSR count). The predicted molar refractivity (Wildman–Crippen MR) is 100 cm³/mol. The van der Waals surface area contributed by atoms with Crippen LogP contribution in [0.1, 0.15) is 0 Å². The standard InChI is InChI=1S/C15H18ClN3O3S2/c1-18(2)10-3-5-11(6-4-10)19-12-8-24(21,22)9-13(12)23-15(19)17-14(20)7-16/h3-6,12-13H,7-9H2,1-2H3/t12-,13+/m0/s1. The molecule has 2 heterocycles. The summed E-state index contributed by atoms with van der Waals surface area (Å²) in [6, 6.07) is 7.55. The third kappa shape index (κ3) is 3.41. The summed E-state index contributed by atoms with van der Waals surface area (Å²) in [5.41, 5.74) is 1.87. The molecular formula is C15H18ClN3O3S2. The van der Waals surface area contributed by atoms with Crippen LogP contribution in [0.4, 0.5) is 11.4 Å². The van der Waals surface area contributed by atoms with Crippen molar-refractivity contribution >= 4 is 55.6 Å². The van der Waals surface area contributed by atoms with E-state index in [4.69, 9.17) is 11.6 Å². The van der Waals surface area contributed by atoms with Crippen LogP contribution in [0.25, 0.3) is 0 Å². The lowest BCUT2D eigenvalue weighted by Gasteiger charge is -2.25. The van der Waals surface area contributed by atoms with E-state index in [1.807, 2.05) is 48.2 Å². The molecule has 2 saturated heterocycles. The number of benzene rings is 1. The molecule has 6 nitrogen and oxygen atoms in total. The van der Waals surface area contributed by atoms with Gasteiger partial charge in [0.1, 0.15) is 5.88 Å². The van der Waals surface area contributed by atoms with Gasteiger partial charge in [0.2, 0.25) is 0 Å². The maximum Gasteiger partial charge on any atom is 0.262 e. The third-order valence-electron chi connectivity index (χ3n) is 4.05. The van der Waals surface area contributed by atoms with Crippen LogP contribution >= 0.6 is 23.4 Å². The van der Waals surface area contributed by atoms with Crippen molar-refractivity contribution in [2.45, 2.75) is 11.3 Å². The fourth-order valence-electron chi connectivity index (χ4n) is 2.91. The summed E-state index contributed by atoms with van der Waals surface area (Å²) in [5, 5.41) is 0.425. The summed E-state index contributed by atoms with van der Waals surface area (Å²) in [6.07, 6.45) is 0. The minimum absolute atomic E-state index is 0.0776. The van der Waals surface area contributed by atoms with Crippen molar-refractivity contribution in [1.29, 1.82) is 0 Å². The number of thioether (sulfide) groups is 1. The number of hydrogen-bond acceptors (Lipinski definition) is 5. The maximum atomic E-state index is 12.0. The van der Waals surface area contributed by atoms with Gasteiger partial charge < -0.3 is 9.80 Å². The van der Waals surface area contributed by atoms with Gasteiger partial charge in [0.05, 0.1) is 17.5 Å². The van der Waals surface area contributed by atoms with E-state index in [1.54, 1.807) is 0 Å². The van der Waals surface area contributed by atoms with Gasteiger partial charge >= 0.3 is 0 Å². The fourth-order valence-corrected chi connectivity index (χ4v) is 6.91. The first-order valence-corrected chi connectivity index (χ1v) is 10.7. The lowest BCUT2D eigenvalue weighted by atomic mass is 10.2. The smallest absolute Gasteiger partial charge is 0.262 e. The molecule has 24 heavy (non-hydrogen) atoms. The molecule has 0 spiro atoms. The number of nitrogens with zero attached hydrogens (tertiary/aromatic N) is 3. The zero-order chi connectivity index (χ0) is 17.5. The summed E-state index contributed by atoms with van der Waals surface area (Å²) in [6.45, 7) is 0. The van der Waals surface area contributed by atoms with Gasteiger partial charge in [-0.2, -0.15) is 4.99 Å². The molecule has 130 valence electrons. The summed E-state index contributed by atoms with van der Waals surface area (Å²) in [4.78, 5) is 19.6. The number of halogens is 1. The number of amides is 1. The molecule has 0 radical (unpaired) electrons. The molecule has 9 heteroatoms. The van der Waals surface area contributed by atoms with Crippen LogP contribution in [0.2, 0.25) is 0 Å². The van der Waals surface area contributed by atoms with Gasteiger partial charge in [0, 0.05) is 30.7 Å². The number of alkyl halides is 1. The number of amidine groups is 1. The zero-order valence-electron chi connectivity index (χ0n) is 13.3. The zero-order valence-corrected chi connectivity index (χ0v) is 15.7. The highest BCUT2D eigenvalue weighted by atomic mass is 35.5. The molecule has 2 atom stereocenters. The Hall–Kier alpha value is -1.25. The molecule has 1 amide bonds. The molecule has 0 N–H and O–H groups in total. The maximum absolute atomic E-state index is 12.0. The lowest BCUT2D eigenvalue weighted by molar-refractivity contribution is -0.115. The second kappa shape index (κ2) is 6.57. The molecule has 1 aromatic carbocycles. The Labute approximate surface area is 150 Å². The van der Waals surface area contributed by atoms with E-state index in [9.17, 15) is 13.2 Å². The van der Waals surface area contributed by atoms with E-state index in [1.165, 1.54) is 11.8 Å². The second-order valence-corrected chi connectivity index (χ2v) is 9.63. The molecule has 0 aromatic heterocycles. The Morgan fingerprint density at radius 3 is 2.58 bits per heavy atom. The van der Waals surface area contributed by atoms with E-state index in [0.717, 1.165) is 11.4 Å². The van der Waals surface area contributed by atoms with E-state index < -0.39 is 15.7 Å². The Kier molecular flexibility index (Phi) is 4.81. The van der Waals surface area contributed by atoms with Crippen molar-refractivity contribution in [3.05, 3.63) is 24.3 Å². The van der Waals surface area contributed by atoms with Gasteiger partial charge in [-0.15, -0.1) is 11.6 Å². The highest BCUT2D eigenvalue weighted by Gasteiger charge is 2.49. The molecule has 2 aliphatic heterocycles. The van der Waals surface area contributed by atoms with Crippen LogP contribution in [0.5, 0.6) is 0 Å². The number of rotatable bonds is 3. The molecule has 0 aliphatic carbocycles. The number of aliphatic imine (C=N–C) groups is 1. The van der Waals surface area contributed by atoms with Gasteiger partial charge in [-0.25, -0.2) is 8.42 Å². The minimum atomic E-state index is -3.06. The first-order valence-electron chi connectivity index (χ1n) is 7.42. The van der Waals surface area contributed by atoms with Crippen LogP contribution in [0, 0.1) is 0 Å². The van der Waals surface area contributed by atoms with Crippen molar-refractivity contribution in [3.8, 4) is 0 Å². The molecule has 1 aromatic rings. The van der Waals surface area contributed by atoms with Gasteiger partial charge in [-0.05, 0) is 24.3 Å². The third-order valence-corrected chi connectivity index (χ3v) is 7.48. The molecular weight excluding hydrogens is 370 g/mol. The van der Waals surface area contributed by atoms with Crippen molar-refractivity contribution in [1.82, 2.24) is 0 Å². The van der Waals surface area contributed by atoms with Crippen LogP contribution in [-0.4, -0.2) is 62.3 Å². The predicted octanol–water partition coefficient (Wildman–Crippen LogP) is 1.59. The Morgan fingerprint density at radius 1 is 1.33 bits per heavy atom. The average Bonchev–Trinajstić information content (AvgIpc) is 2.98. The monoisotopic (exact) mass is 387 g/mol. The molecule has 2 aliphatic rings. The minimum Gasteiger partial charge on any atom is -0.378 e. The average molecular weight is 388 g/mol. The van der Waals surface area contributed by atoms with E-state index in [-0.39, 0.29) is 28.7 Å². The first-order chi connectivity index (χ1) is 11.3. The molecule has 2 fully saturated rings. The molecule has 0 saturated carbocycles. The topological polar surface area (TPSA) is 70.0 Å². The van der Waals surface area contributed by atoms with Crippen LogP contribution in [0.15, 0.2) is 29.3 Å².